The van der Waals surface area contributed by atoms with Gasteiger partial charge in [-0.2, -0.15) is 0 Å². The van der Waals surface area contributed by atoms with Crippen molar-refractivity contribution in [3.05, 3.63) is 59.7 Å². The monoisotopic (exact) mass is 369 g/mol. The number of benzene rings is 2. The fraction of sp³-hybridized carbons (Fsp3) is 0.0588. The van der Waals surface area contributed by atoms with Crippen molar-refractivity contribution in [3.8, 4) is 11.5 Å². The van der Waals surface area contributed by atoms with E-state index in [2.05, 4.69) is 10.2 Å². The Morgan fingerprint density at radius 1 is 0.885 bits per heavy atom. The Labute approximate surface area is 148 Å². The van der Waals surface area contributed by atoms with E-state index >= 15 is 0 Å². The van der Waals surface area contributed by atoms with Crippen LogP contribution >= 0.6 is 0 Å². The third kappa shape index (κ3) is 2.49. The Morgan fingerprint density at radius 3 is 1.96 bits per heavy atom. The number of aromatic nitrogens is 2. The zero-order valence-electron chi connectivity index (χ0n) is 13.4. The van der Waals surface area contributed by atoms with Crippen molar-refractivity contribution in [3.63, 3.8) is 0 Å². The van der Waals surface area contributed by atoms with Gasteiger partial charge in [-0.15, -0.1) is 5.10 Å². The van der Waals surface area contributed by atoms with Gasteiger partial charge < -0.3 is 4.42 Å². The van der Waals surface area contributed by atoms with Gasteiger partial charge in [-0.05, 0) is 36.4 Å². The second-order valence-electron chi connectivity index (χ2n) is 5.68. The average Bonchev–Trinajstić information content (AvgIpc) is 3.21. The molecule has 2 aromatic carbocycles. The molecule has 0 spiro atoms. The molecule has 1 aromatic heterocycles. The molecule has 2 heterocycles. The van der Waals surface area contributed by atoms with Crippen LogP contribution in [0.2, 0.25) is 0 Å². The van der Waals surface area contributed by atoms with Gasteiger partial charge in [0, 0.05) is 11.8 Å². The number of carbonyl (C=O) groups excluding carboxylic acids is 2. The molecule has 1 aliphatic heterocycles. The molecule has 0 bridgehead atoms. The van der Waals surface area contributed by atoms with Crippen molar-refractivity contribution >= 4 is 27.3 Å². The van der Waals surface area contributed by atoms with Crippen molar-refractivity contribution in [1.29, 1.82) is 0 Å². The van der Waals surface area contributed by atoms with Crippen molar-refractivity contribution in [2.45, 2.75) is 5.22 Å². The summed E-state index contributed by atoms with van der Waals surface area (Å²) in [7, 11) is -3.59. The van der Waals surface area contributed by atoms with E-state index in [4.69, 9.17) is 4.42 Å². The van der Waals surface area contributed by atoms with Crippen molar-refractivity contribution in [2.24, 2.45) is 0 Å². The maximum absolute atomic E-state index is 12.5. The van der Waals surface area contributed by atoms with E-state index in [1.165, 1.54) is 0 Å². The fourth-order valence-corrected chi connectivity index (χ4v) is 3.07. The number of hydrogen-bond acceptors (Lipinski definition) is 7. The zero-order chi connectivity index (χ0) is 18.5. The van der Waals surface area contributed by atoms with Gasteiger partial charge in [0.05, 0.1) is 16.8 Å². The summed E-state index contributed by atoms with van der Waals surface area (Å²) < 4.78 is 28.0. The Morgan fingerprint density at radius 2 is 1.46 bits per heavy atom. The average molecular weight is 369 g/mol. The molecule has 1 aliphatic rings. The lowest BCUT2D eigenvalue weighted by Gasteiger charge is -2.13. The highest BCUT2D eigenvalue weighted by Crippen LogP contribution is 2.30. The standard InChI is InChI=1S/C17H11N3O5S/c1-26(23,24)17-19-18-14(25-17)10-6-8-11(9-7-10)20-15(21)12-4-2-3-5-13(12)16(20)22/h2-9H,1H3. The van der Waals surface area contributed by atoms with E-state index in [0.29, 0.717) is 22.4 Å². The minimum Gasteiger partial charge on any atom is -0.408 e. The molecule has 0 aliphatic carbocycles. The smallest absolute Gasteiger partial charge is 0.335 e. The van der Waals surface area contributed by atoms with Gasteiger partial charge in [0.1, 0.15) is 0 Å². The molecule has 0 atom stereocenters. The number of carbonyl (C=O) groups is 2. The quantitative estimate of drug-likeness (QED) is 0.649. The Kier molecular flexibility index (Phi) is 3.48. The van der Waals surface area contributed by atoms with Crippen LogP contribution in [0.15, 0.2) is 58.2 Å². The first-order chi connectivity index (χ1) is 12.4. The van der Waals surface area contributed by atoms with Gasteiger partial charge in [0.15, 0.2) is 0 Å². The summed E-state index contributed by atoms with van der Waals surface area (Å²) in [6.45, 7) is 0. The summed E-state index contributed by atoms with van der Waals surface area (Å²) in [4.78, 5) is 26.0. The number of anilines is 1. The summed E-state index contributed by atoms with van der Waals surface area (Å²) >= 11 is 0. The van der Waals surface area contributed by atoms with Gasteiger partial charge in [0.25, 0.3) is 11.8 Å². The van der Waals surface area contributed by atoms with Crippen molar-refractivity contribution in [1.82, 2.24) is 10.2 Å². The van der Waals surface area contributed by atoms with Crippen LogP contribution in [0.4, 0.5) is 5.69 Å². The highest BCUT2D eigenvalue weighted by molar-refractivity contribution is 7.90. The number of nitrogens with zero attached hydrogens (tertiary/aromatic N) is 3. The predicted octanol–water partition coefficient (Wildman–Crippen LogP) is 1.94. The first kappa shape index (κ1) is 16.2. The number of imide groups is 1. The predicted molar refractivity (Wildman–Crippen MR) is 90.4 cm³/mol. The van der Waals surface area contributed by atoms with Crippen molar-refractivity contribution in [2.75, 3.05) is 11.2 Å². The number of rotatable bonds is 3. The molecule has 8 nitrogen and oxygen atoms in total. The van der Waals surface area contributed by atoms with E-state index in [0.717, 1.165) is 11.2 Å². The van der Waals surface area contributed by atoms with Crippen LogP contribution in [0.25, 0.3) is 11.5 Å². The van der Waals surface area contributed by atoms with E-state index in [-0.39, 0.29) is 5.89 Å². The van der Waals surface area contributed by atoms with E-state index in [9.17, 15) is 18.0 Å². The maximum Gasteiger partial charge on any atom is 0.335 e. The number of fused-ring (bicyclic) bond motifs is 1. The van der Waals surface area contributed by atoms with Crippen LogP contribution in [0, 0.1) is 0 Å². The Bertz CT molecular complexity index is 1110. The number of sulfone groups is 1. The summed E-state index contributed by atoms with van der Waals surface area (Å²) in [6.07, 6.45) is 0.968. The van der Waals surface area contributed by atoms with Crippen molar-refractivity contribution < 1.29 is 22.4 Å². The molecule has 2 amide bonds. The van der Waals surface area contributed by atoms with Crippen LogP contribution < -0.4 is 4.90 Å². The summed E-state index contributed by atoms with van der Waals surface area (Å²) in [5.74, 6) is -0.759. The molecule has 26 heavy (non-hydrogen) atoms. The summed E-state index contributed by atoms with van der Waals surface area (Å²) in [5, 5.41) is 6.72. The second-order valence-corrected chi connectivity index (χ2v) is 7.58. The lowest BCUT2D eigenvalue weighted by Crippen LogP contribution is -2.29. The topological polar surface area (TPSA) is 110 Å². The molecule has 9 heteroatoms. The molecular formula is C17H11N3O5S. The molecule has 3 aromatic rings. The molecule has 130 valence electrons. The highest BCUT2D eigenvalue weighted by Gasteiger charge is 2.36. The minimum atomic E-state index is -3.59. The van der Waals surface area contributed by atoms with Gasteiger partial charge in [0.2, 0.25) is 15.7 Å². The molecule has 0 N–H and O–H groups in total. The SMILES string of the molecule is CS(=O)(=O)c1nnc(-c2ccc(N3C(=O)c4ccccc4C3=O)cc2)o1. The minimum absolute atomic E-state index is 0.0272. The fourth-order valence-electron chi connectivity index (χ4n) is 2.65. The van der Waals surface area contributed by atoms with Crippen LogP contribution in [-0.4, -0.2) is 36.7 Å². The van der Waals surface area contributed by atoms with E-state index in [1.807, 2.05) is 0 Å². The molecule has 0 saturated carbocycles. The van der Waals surface area contributed by atoms with Crippen LogP contribution in [0.3, 0.4) is 0 Å². The Balaban J connectivity index is 1.66. The lowest BCUT2D eigenvalue weighted by molar-refractivity contribution is 0.0926. The third-order valence-corrected chi connectivity index (χ3v) is 4.69. The maximum atomic E-state index is 12.5. The van der Waals surface area contributed by atoms with Crippen LogP contribution in [0.1, 0.15) is 20.7 Å². The van der Waals surface area contributed by atoms with E-state index in [1.54, 1.807) is 48.5 Å². The first-order valence-electron chi connectivity index (χ1n) is 7.48. The van der Waals surface area contributed by atoms with E-state index < -0.39 is 26.9 Å². The van der Waals surface area contributed by atoms with Gasteiger partial charge in [-0.25, -0.2) is 13.3 Å². The Hall–Kier alpha value is -3.33. The molecule has 0 radical (unpaired) electrons. The highest BCUT2D eigenvalue weighted by atomic mass is 32.2. The molecule has 4 rings (SSSR count). The first-order valence-corrected chi connectivity index (χ1v) is 9.37. The van der Waals surface area contributed by atoms with Gasteiger partial charge >= 0.3 is 5.22 Å². The summed E-state index contributed by atoms with van der Waals surface area (Å²) in [6, 6.07) is 12.9. The summed E-state index contributed by atoms with van der Waals surface area (Å²) in [5.41, 5.74) is 1.57. The lowest BCUT2D eigenvalue weighted by atomic mass is 10.1. The van der Waals surface area contributed by atoms with Gasteiger partial charge in [-0.3, -0.25) is 9.59 Å². The molecular weight excluding hydrogens is 358 g/mol. The molecule has 0 unspecified atom stereocenters. The van der Waals surface area contributed by atoms with Crippen LogP contribution in [-0.2, 0) is 9.84 Å². The largest absolute Gasteiger partial charge is 0.408 e. The normalized spacial score (nSPS) is 14.0. The zero-order valence-corrected chi connectivity index (χ0v) is 14.2. The number of hydrogen-bond donors (Lipinski definition) is 0. The van der Waals surface area contributed by atoms with Crippen LogP contribution in [0.5, 0.6) is 0 Å². The van der Waals surface area contributed by atoms with Gasteiger partial charge in [-0.1, -0.05) is 17.2 Å². The molecule has 0 fully saturated rings. The second kappa shape index (κ2) is 5.60. The number of amides is 2. The molecule has 0 saturated heterocycles. The third-order valence-electron chi connectivity index (χ3n) is 3.89.